The summed E-state index contributed by atoms with van der Waals surface area (Å²) in [4.78, 5) is 0.485. The summed E-state index contributed by atoms with van der Waals surface area (Å²) in [5.74, 6) is 0.121. The van der Waals surface area contributed by atoms with Gasteiger partial charge in [-0.2, -0.15) is 0 Å². The molecule has 0 heterocycles. The molecule has 3 nitrogen and oxygen atoms in total. The lowest BCUT2D eigenvalue weighted by molar-refractivity contribution is -0.00680. The van der Waals surface area contributed by atoms with E-state index in [9.17, 15) is 10.2 Å². The Balaban J connectivity index is 2.05. The van der Waals surface area contributed by atoms with Gasteiger partial charge in [0.1, 0.15) is 10.7 Å². The van der Waals surface area contributed by atoms with E-state index in [1.807, 2.05) is 0 Å². The molecule has 2 rings (SSSR count). The SMILES string of the molecule is CC1(C)C[C@H](O)C[C@](C)(CNC(=S)c2cc(Cl)ccc2O)C1. The van der Waals surface area contributed by atoms with Crippen molar-refractivity contribution >= 4 is 28.8 Å². The molecule has 1 fully saturated rings. The number of phenolic OH excluding ortho intramolecular Hbond substituents is 1. The smallest absolute Gasteiger partial charge is 0.125 e. The highest BCUT2D eigenvalue weighted by molar-refractivity contribution is 7.80. The van der Waals surface area contributed by atoms with E-state index in [0.29, 0.717) is 22.1 Å². The third-order valence-electron chi connectivity index (χ3n) is 4.30. The van der Waals surface area contributed by atoms with Crippen LogP contribution in [0.3, 0.4) is 0 Å². The minimum atomic E-state index is -0.274. The Bertz CT molecular complexity index is 576. The number of phenols is 1. The van der Waals surface area contributed by atoms with Gasteiger partial charge in [0.2, 0.25) is 0 Å². The molecule has 2 atom stereocenters. The van der Waals surface area contributed by atoms with E-state index in [1.165, 1.54) is 0 Å². The lowest BCUT2D eigenvalue weighted by Gasteiger charge is -2.45. The van der Waals surface area contributed by atoms with Crippen molar-refractivity contribution in [1.29, 1.82) is 0 Å². The number of benzene rings is 1. The number of aromatic hydroxyl groups is 1. The van der Waals surface area contributed by atoms with E-state index in [0.717, 1.165) is 19.3 Å². The van der Waals surface area contributed by atoms with Crippen LogP contribution in [0.5, 0.6) is 5.75 Å². The van der Waals surface area contributed by atoms with Crippen LogP contribution in [0.4, 0.5) is 0 Å². The topological polar surface area (TPSA) is 52.5 Å². The molecule has 0 aromatic heterocycles. The maximum absolute atomic E-state index is 10.1. The van der Waals surface area contributed by atoms with Crippen LogP contribution in [-0.4, -0.2) is 27.9 Å². The van der Waals surface area contributed by atoms with Gasteiger partial charge in [-0.1, -0.05) is 44.6 Å². The maximum atomic E-state index is 10.1. The highest BCUT2D eigenvalue weighted by Gasteiger charge is 2.40. The second-order valence-corrected chi connectivity index (χ2v) is 8.40. The standard InChI is InChI=1S/C17H24ClNO2S/c1-16(2)7-12(20)8-17(3,9-16)10-19-15(22)13-6-11(18)4-5-14(13)21/h4-6,12,20-21H,7-10H2,1-3H3,(H,19,22)/t12-,17-/m0/s1. The van der Waals surface area contributed by atoms with Crippen LogP contribution < -0.4 is 5.32 Å². The number of nitrogens with one attached hydrogen (secondary N) is 1. The van der Waals surface area contributed by atoms with E-state index >= 15 is 0 Å². The van der Waals surface area contributed by atoms with Gasteiger partial charge in [-0.25, -0.2) is 0 Å². The van der Waals surface area contributed by atoms with E-state index in [1.54, 1.807) is 18.2 Å². The first-order chi connectivity index (χ1) is 10.1. The van der Waals surface area contributed by atoms with Gasteiger partial charge in [-0.3, -0.25) is 0 Å². The highest BCUT2D eigenvalue weighted by atomic mass is 35.5. The molecule has 22 heavy (non-hydrogen) atoms. The fourth-order valence-corrected chi connectivity index (χ4v) is 4.20. The van der Waals surface area contributed by atoms with Crippen molar-refractivity contribution < 1.29 is 10.2 Å². The first kappa shape index (κ1) is 17.5. The molecule has 1 aromatic carbocycles. The summed E-state index contributed by atoms with van der Waals surface area (Å²) >= 11 is 11.3. The maximum Gasteiger partial charge on any atom is 0.125 e. The number of halogens is 1. The van der Waals surface area contributed by atoms with E-state index < -0.39 is 0 Å². The summed E-state index contributed by atoms with van der Waals surface area (Å²) in [5.41, 5.74) is 0.634. The molecule has 1 aromatic rings. The summed E-state index contributed by atoms with van der Waals surface area (Å²) in [5, 5.41) is 23.8. The first-order valence-electron chi connectivity index (χ1n) is 7.55. The molecule has 0 aliphatic heterocycles. The zero-order valence-corrected chi connectivity index (χ0v) is 14.9. The van der Waals surface area contributed by atoms with E-state index in [-0.39, 0.29) is 22.7 Å². The predicted octanol–water partition coefficient (Wildman–Crippen LogP) is 3.89. The monoisotopic (exact) mass is 341 g/mol. The van der Waals surface area contributed by atoms with E-state index in [2.05, 4.69) is 26.1 Å². The van der Waals surface area contributed by atoms with Crippen molar-refractivity contribution in [2.45, 2.75) is 46.1 Å². The van der Waals surface area contributed by atoms with Crippen LogP contribution in [0.1, 0.15) is 45.6 Å². The van der Waals surface area contributed by atoms with Crippen LogP contribution in [0.25, 0.3) is 0 Å². The molecule has 0 spiro atoms. The lowest BCUT2D eigenvalue weighted by atomic mass is 9.63. The summed E-state index contributed by atoms with van der Waals surface area (Å²) in [6.45, 7) is 7.21. The highest BCUT2D eigenvalue weighted by Crippen LogP contribution is 2.45. The van der Waals surface area contributed by atoms with E-state index in [4.69, 9.17) is 23.8 Å². The van der Waals surface area contributed by atoms with Crippen molar-refractivity contribution in [1.82, 2.24) is 5.32 Å². The van der Waals surface area contributed by atoms with Gasteiger partial charge >= 0.3 is 0 Å². The van der Waals surface area contributed by atoms with Crippen molar-refractivity contribution in [2.24, 2.45) is 10.8 Å². The Kier molecular flexibility index (Phi) is 5.05. The molecule has 0 amide bonds. The van der Waals surface area contributed by atoms with Crippen LogP contribution >= 0.6 is 23.8 Å². The van der Waals surface area contributed by atoms with Gasteiger partial charge in [0, 0.05) is 11.6 Å². The molecular formula is C17H24ClNO2S. The molecule has 3 N–H and O–H groups in total. The summed E-state index contributed by atoms with van der Waals surface area (Å²) in [6.07, 6.45) is 2.34. The molecule has 5 heteroatoms. The number of aliphatic hydroxyl groups excluding tert-OH is 1. The zero-order chi connectivity index (χ0) is 16.5. The Morgan fingerprint density at radius 1 is 1.36 bits per heavy atom. The zero-order valence-electron chi connectivity index (χ0n) is 13.3. The molecule has 1 aliphatic rings. The average Bonchev–Trinajstić information content (AvgIpc) is 2.36. The Labute approximate surface area is 142 Å². The van der Waals surface area contributed by atoms with Crippen molar-refractivity contribution in [3.8, 4) is 5.75 Å². The van der Waals surface area contributed by atoms with Gasteiger partial charge in [0.05, 0.1) is 11.7 Å². The van der Waals surface area contributed by atoms with Gasteiger partial charge in [0.25, 0.3) is 0 Å². The molecule has 0 bridgehead atoms. The Morgan fingerprint density at radius 3 is 2.68 bits per heavy atom. The minimum Gasteiger partial charge on any atom is -0.507 e. The molecule has 0 unspecified atom stereocenters. The van der Waals surface area contributed by atoms with Crippen LogP contribution in [0, 0.1) is 10.8 Å². The molecule has 122 valence electrons. The average molecular weight is 342 g/mol. The number of rotatable bonds is 3. The largest absolute Gasteiger partial charge is 0.507 e. The van der Waals surface area contributed by atoms with Crippen LogP contribution in [-0.2, 0) is 0 Å². The Morgan fingerprint density at radius 2 is 2.05 bits per heavy atom. The third-order valence-corrected chi connectivity index (χ3v) is 4.90. The minimum absolute atomic E-state index is 0.0284. The lowest BCUT2D eigenvalue weighted by Crippen LogP contribution is -2.45. The number of hydrogen-bond donors (Lipinski definition) is 3. The normalized spacial score (nSPS) is 27.4. The fraction of sp³-hybridized carbons (Fsp3) is 0.588. The van der Waals surface area contributed by atoms with Crippen molar-refractivity contribution in [3.05, 3.63) is 28.8 Å². The molecular weight excluding hydrogens is 318 g/mol. The van der Waals surface area contributed by atoms with Crippen molar-refractivity contribution in [2.75, 3.05) is 6.54 Å². The van der Waals surface area contributed by atoms with Gasteiger partial charge in [0.15, 0.2) is 0 Å². The van der Waals surface area contributed by atoms with Gasteiger partial charge < -0.3 is 15.5 Å². The second-order valence-electron chi connectivity index (χ2n) is 7.56. The Hall–Kier alpha value is -0.840. The summed E-state index contributed by atoms with van der Waals surface area (Å²) < 4.78 is 0. The van der Waals surface area contributed by atoms with Crippen LogP contribution in [0.15, 0.2) is 18.2 Å². The second kappa shape index (κ2) is 6.34. The quantitative estimate of drug-likeness (QED) is 0.730. The number of aliphatic hydroxyl groups is 1. The van der Waals surface area contributed by atoms with Crippen LogP contribution in [0.2, 0.25) is 5.02 Å². The number of hydrogen-bond acceptors (Lipinski definition) is 3. The third kappa shape index (κ3) is 4.34. The molecule has 0 radical (unpaired) electrons. The predicted molar refractivity (Wildman–Crippen MR) is 94.6 cm³/mol. The fourth-order valence-electron chi connectivity index (χ4n) is 3.79. The van der Waals surface area contributed by atoms with Crippen molar-refractivity contribution in [3.63, 3.8) is 0 Å². The summed E-state index contributed by atoms with van der Waals surface area (Å²) in [7, 11) is 0. The van der Waals surface area contributed by atoms with Gasteiger partial charge in [-0.15, -0.1) is 0 Å². The van der Waals surface area contributed by atoms with Gasteiger partial charge in [-0.05, 0) is 48.3 Å². The molecule has 0 saturated heterocycles. The molecule has 1 saturated carbocycles. The molecule has 1 aliphatic carbocycles. The first-order valence-corrected chi connectivity index (χ1v) is 8.34. The number of thiocarbonyl (C=S) groups is 1. The summed E-state index contributed by atoms with van der Waals surface area (Å²) in [6, 6.07) is 4.83.